The number of para-hydroxylation sites is 1. The van der Waals surface area contributed by atoms with Crippen molar-refractivity contribution in [2.45, 2.75) is 6.92 Å². The largest absolute Gasteiger partial charge is 0.282 e. The third-order valence-corrected chi connectivity index (χ3v) is 2.03. The van der Waals surface area contributed by atoms with Crippen LogP contribution in [0.2, 0.25) is 0 Å². The summed E-state index contributed by atoms with van der Waals surface area (Å²) >= 11 is 0. The number of nitrogens with one attached hydrogen (secondary N) is 1. The minimum atomic E-state index is 1.00. The normalized spacial score (nSPS) is 10.4. The number of hydrogen-bond donors (Lipinski definition) is 1. The summed E-state index contributed by atoms with van der Waals surface area (Å²) < 4.78 is 0. The molecule has 2 nitrogen and oxygen atoms in total. The van der Waals surface area contributed by atoms with Gasteiger partial charge < -0.3 is 0 Å². The van der Waals surface area contributed by atoms with Crippen LogP contribution in [-0.4, -0.2) is 10.2 Å². The van der Waals surface area contributed by atoms with Crippen molar-refractivity contribution in [3.05, 3.63) is 36.0 Å². The van der Waals surface area contributed by atoms with Crippen LogP contribution < -0.4 is 0 Å². The number of aromatic nitrogens is 2. The van der Waals surface area contributed by atoms with Gasteiger partial charge in [0.05, 0.1) is 5.52 Å². The third-order valence-electron chi connectivity index (χ3n) is 2.03. The Morgan fingerprint density at radius 2 is 2.33 bits per heavy atom. The molecule has 2 heteroatoms. The number of fused-ring (bicyclic) bond motifs is 1. The number of aryl methyl sites for hydroxylation is 1. The minimum Gasteiger partial charge on any atom is -0.282 e. The maximum absolute atomic E-state index is 4.19. The van der Waals surface area contributed by atoms with E-state index in [2.05, 4.69) is 22.8 Å². The van der Waals surface area contributed by atoms with Crippen LogP contribution in [0.15, 0.2) is 24.8 Å². The average Bonchev–Trinajstić information content (AvgIpc) is 2.48. The summed E-state index contributed by atoms with van der Waals surface area (Å²) in [6, 6.07) is 6.08. The van der Waals surface area contributed by atoms with Gasteiger partial charge >= 0.3 is 0 Å². The van der Waals surface area contributed by atoms with Crippen molar-refractivity contribution in [1.29, 1.82) is 0 Å². The highest BCUT2D eigenvalue weighted by atomic mass is 15.1. The fraction of sp³-hybridized carbons (Fsp3) is 0.100. The van der Waals surface area contributed by atoms with Gasteiger partial charge in [-0.1, -0.05) is 30.9 Å². The predicted molar refractivity (Wildman–Crippen MR) is 50.9 cm³/mol. The molecule has 0 bridgehead atoms. The van der Waals surface area contributed by atoms with Crippen LogP contribution in [-0.2, 0) is 0 Å². The monoisotopic (exact) mass is 158 g/mol. The lowest BCUT2D eigenvalue weighted by Gasteiger charge is -1.93. The maximum atomic E-state index is 4.19. The molecule has 2 aromatic rings. The molecule has 12 heavy (non-hydrogen) atoms. The Bertz CT molecular complexity index is 426. The summed E-state index contributed by atoms with van der Waals surface area (Å²) in [6.07, 6.45) is 1.82. The average molecular weight is 158 g/mol. The summed E-state index contributed by atoms with van der Waals surface area (Å²) in [4.78, 5) is 0. The molecule has 0 saturated heterocycles. The van der Waals surface area contributed by atoms with Crippen LogP contribution in [0.1, 0.15) is 11.3 Å². The van der Waals surface area contributed by atoms with Crippen LogP contribution in [0.25, 0.3) is 17.0 Å². The molecule has 0 atom stereocenters. The second-order valence-corrected chi connectivity index (χ2v) is 2.80. The number of aromatic amines is 1. The topological polar surface area (TPSA) is 28.7 Å². The fourth-order valence-corrected chi connectivity index (χ4v) is 1.35. The van der Waals surface area contributed by atoms with E-state index in [1.807, 2.05) is 25.1 Å². The van der Waals surface area contributed by atoms with Crippen LogP contribution in [0.4, 0.5) is 0 Å². The van der Waals surface area contributed by atoms with Crippen molar-refractivity contribution < 1.29 is 0 Å². The first-order valence-corrected chi connectivity index (χ1v) is 3.89. The third kappa shape index (κ3) is 0.848. The highest BCUT2D eigenvalue weighted by molar-refractivity contribution is 5.88. The van der Waals surface area contributed by atoms with E-state index in [0.717, 1.165) is 16.8 Å². The van der Waals surface area contributed by atoms with Crippen molar-refractivity contribution in [2.24, 2.45) is 0 Å². The zero-order valence-electron chi connectivity index (χ0n) is 6.96. The van der Waals surface area contributed by atoms with Crippen molar-refractivity contribution in [2.75, 3.05) is 0 Å². The maximum Gasteiger partial charge on any atom is 0.0995 e. The van der Waals surface area contributed by atoms with Gasteiger partial charge in [-0.25, -0.2) is 0 Å². The molecule has 0 aliphatic rings. The van der Waals surface area contributed by atoms with E-state index < -0.39 is 0 Å². The molecule has 0 unspecified atom stereocenters. The number of H-pyrrole nitrogens is 1. The van der Waals surface area contributed by atoms with Gasteiger partial charge in [0.2, 0.25) is 0 Å². The molecule has 0 amide bonds. The molecule has 0 radical (unpaired) electrons. The Balaban J connectivity index is 2.89. The molecule has 1 aromatic carbocycles. The molecule has 1 aromatic heterocycles. The molecule has 0 spiro atoms. The molecular formula is C10H10N2. The first-order chi connectivity index (χ1) is 5.83. The lowest BCUT2D eigenvalue weighted by Crippen LogP contribution is -1.74. The summed E-state index contributed by atoms with van der Waals surface area (Å²) in [5.41, 5.74) is 3.19. The zero-order valence-corrected chi connectivity index (χ0v) is 6.96. The highest BCUT2D eigenvalue weighted by Gasteiger charge is 2.02. The van der Waals surface area contributed by atoms with Crippen LogP contribution in [0, 0.1) is 6.92 Å². The minimum absolute atomic E-state index is 1.00. The zero-order chi connectivity index (χ0) is 8.55. The Morgan fingerprint density at radius 3 is 3.08 bits per heavy atom. The first-order valence-electron chi connectivity index (χ1n) is 3.89. The second-order valence-electron chi connectivity index (χ2n) is 2.80. The SMILES string of the molecule is C=Cc1cccc2c(C)[nH]nc12. The second kappa shape index (κ2) is 2.48. The van der Waals surface area contributed by atoms with E-state index in [-0.39, 0.29) is 0 Å². The first kappa shape index (κ1) is 7.10. The quantitative estimate of drug-likeness (QED) is 0.678. The molecule has 0 fully saturated rings. The van der Waals surface area contributed by atoms with E-state index in [0.29, 0.717) is 0 Å². The molecular weight excluding hydrogens is 148 g/mol. The van der Waals surface area contributed by atoms with Gasteiger partial charge in [-0.15, -0.1) is 0 Å². The van der Waals surface area contributed by atoms with Gasteiger partial charge in [0.1, 0.15) is 0 Å². The summed E-state index contributed by atoms with van der Waals surface area (Å²) in [5, 5.41) is 8.32. The lowest BCUT2D eigenvalue weighted by molar-refractivity contribution is 1.07. The number of rotatable bonds is 1. The molecule has 60 valence electrons. The standard InChI is InChI=1S/C10H10N2/c1-3-8-5-4-6-9-7(2)11-12-10(8)9/h3-6H,1H2,2H3,(H,11,12). The summed E-state index contributed by atoms with van der Waals surface area (Å²) in [7, 11) is 0. The number of hydrogen-bond acceptors (Lipinski definition) is 1. The van der Waals surface area contributed by atoms with Gasteiger partial charge in [0.25, 0.3) is 0 Å². The molecule has 0 aliphatic carbocycles. The number of nitrogens with zero attached hydrogens (tertiary/aromatic N) is 1. The van der Waals surface area contributed by atoms with Crippen molar-refractivity contribution >= 4 is 17.0 Å². The fourth-order valence-electron chi connectivity index (χ4n) is 1.35. The van der Waals surface area contributed by atoms with E-state index >= 15 is 0 Å². The Labute approximate surface area is 70.9 Å². The van der Waals surface area contributed by atoms with E-state index in [9.17, 15) is 0 Å². The van der Waals surface area contributed by atoms with Crippen LogP contribution in [0.5, 0.6) is 0 Å². The molecule has 1 heterocycles. The molecule has 2 rings (SSSR count). The van der Waals surface area contributed by atoms with Gasteiger partial charge in [-0.2, -0.15) is 5.10 Å². The van der Waals surface area contributed by atoms with E-state index in [1.165, 1.54) is 5.39 Å². The van der Waals surface area contributed by atoms with Crippen molar-refractivity contribution in [3.63, 3.8) is 0 Å². The Morgan fingerprint density at radius 1 is 1.50 bits per heavy atom. The summed E-state index contributed by atoms with van der Waals surface area (Å²) in [6.45, 7) is 5.75. The highest BCUT2D eigenvalue weighted by Crippen LogP contribution is 2.19. The summed E-state index contributed by atoms with van der Waals surface area (Å²) in [5.74, 6) is 0. The van der Waals surface area contributed by atoms with Crippen molar-refractivity contribution in [3.8, 4) is 0 Å². The van der Waals surface area contributed by atoms with E-state index in [4.69, 9.17) is 0 Å². The van der Waals surface area contributed by atoms with Gasteiger partial charge in [-0.3, -0.25) is 5.10 Å². The smallest absolute Gasteiger partial charge is 0.0995 e. The Kier molecular flexibility index (Phi) is 1.47. The van der Waals surface area contributed by atoms with E-state index in [1.54, 1.807) is 0 Å². The van der Waals surface area contributed by atoms with Crippen LogP contribution in [0.3, 0.4) is 0 Å². The molecule has 0 saturated carbocycles. The molecule has 0 aliphatic heterocycles. The van der Waals surface area contributed by atoms with Gasteiger partial charge in [0, 0.05) is 16.6 Å². The predicted octanol–water partition coefficient (Wildman–Crippen LogP) is 2.51. The number of benzene rings is 1. The van der Waals surface area contributed by atoms with Gasteiger partial charge in [0.15, 0.2) is 0 Å². The Hall–Kier alpha value is -1.57. The molecule has 1 N–H and O–H groups in total. The van der Waals surface area contributed by atoms with Crippen LogP contribution >= 0.6 is 0 Å². The lowest BCUT2D eigenvalue weighted by atomic mass is 10.1. The van der Waals surface area contributed by atoms with Crippen molar-refractivity contribution in [1.82, 2.24) is 10.2 Å². The van der Waals surface area contributed by atoms with Gasteiger partial charge in [-0.05, 0) is 6.92 Å².